The second kappa shape index (κ2) is 6.54. The van der Waals surface area contributed by atoms with Gasteiger partial charge in [0.15, 0.2) is 12.5 Å². The number of rotatable bonds is 5. The lowest BCUT2D eigenvalue weighted by Crippen LogP contribution is -2.16. The molecule has 6 heteroatoms. The van der Waals surface area contributed by atoms with Gasteiger partial charge in [0.05, 0.1) is 0 Å². The molecular formula is C16H16F2N2OS. The average molecular weight is 322 g/mol. The monoisotopic (exact) mass is 322 g/mol. The zero-order valence-electron chi connectivity index (χ0n) is 11.9. The van der Waals surface area contributed by atoms with Gasteiger partial charge in [-0.3, -0.25) is 4.90 Å². The zero-order valence-corrected chi connectivity index (χ0v) is 12.7. The molecule has 0 atom stereocenters. The Morgan fingerprint density at radius 2 is 1.91 bits per heavy atom. The molecule has 0 saturated carbocycles. The Kier molecular flexibility index (Phi) is 4.49. The first kappa shape index (κ1) is 15.1. The molecule has 1 aliphatic heterocycles. The van der Waals surface area contributed by atoms with E-state index in [0.717, 1.165) is 25.2 Å². The van der Waals surface area contributed by atoms with E-state index in [1.54, 1.807) is 12.3 Å². The van der Waals surface area contributed by atoms with Crippen LogP contribution in [0.25, 0.3) is 0 Å². The first-order chi connectivity index (χ1) is 10.6. The summed E-state index contributed by atoms with van der Waals surface area (Å²) in [4.78, 5) is 5.17. The van der Waals surface area contributed by atoms with Crippen molar-refractivity contribution in [3.05, 3.63) is 57.7 Å². The number of ether oxygens (including phenoxy) is 1. The Bertz CT molecular complexity index is 692. The van der Waals surface area contributed by atoms with Crippen molar-refractivity contribution in [2.45, 2.75) is 26.1 Å². The summed E-state index contributed by atoms with van der Waals surface area (Å²) in [7, 11) is 0. The highest BCUT2D eigenvalue weighted by Crippen LogP contribution is 2.24. The predicted octanol–water partition coefficient (Wildman–Crippen LogP) is 3.90. The lowest BCUT2D eigenvalue weighted by molar-refractivity contribution is 0.0795. The molecule has 0 fully saturated rings. The molecule has 0 unspecified atom stereocenters. The van der Waals surface area contributed by atoms with E-state index < -0.39 is 13.0 Å². The van der Waals surface area contributed by atoms with Gasteiger partial charge < -0.3 is 9.72 Å². The molecule has 0 radical (unpaired) electrons. The summed E-state index contributed by atoms with van der Waals surface area (Å²) < 4.78 is 29.8. The molecule has 1 N–H and O–H groups in total. The minimum atomic E-state index is -2.50. The number of aromatic amines is 1. The van der Waals surface area contributed by atoms with Crippen LogP contribution in [0.15, 0.2) is 36.5 Å². The summed E-state index contributed by atoms with van der Waals surface area (Å²) in [6.07, 6.45) is -0.753. The minimum Gasteiger partial charge on any atom is -0.473 e. The van der Waals surface area contributed by atoms with E-state index in [1.165, 1.54) is 11.1 Å². The number of nitrogens with one attached hydrogen (secondary N) is 1. The van der Waals surface area contributed by atoms with Crippen molar-refractivity contribution in [1.82, 2.24) is 9.88 Å². The minimum absolute atomic E-state index is 0.277. The van der Waals surface area contributed by atoms with Gasteiger partial charge in [0, 0.05) is 42.0 Å². The van der Waals surface area contributed by atoms with Crippen molar-refractivity contribution < 1.29 is 13.5 Å². The van der Waals surface area contributed by atoms with Crippen LogP contribution in [0.3, 0.4) is 0 Å². The summed E-state index contributed by atoms with van der Waals surface area (Å²) in [6, 6.07) is 9.96. The van der Waals surface area contributed by atoms with Crippen molar-refractivity contribution >= 4 is 12.2 Å². The van der Waals surface area contributed by atoms with Gasteiger partial charge in [-0.05, 0) is 11.1 Å². The van der Waals surface area contributed by atoms with Crippen molar-refractivity contribution in [3.8, 4) is 5.88 Å². The molecule has 3 rings (SSSR count). The number of alkyl halides is 2. The molecule has 2 aromatic rings. The van der Waals surface area contributed by atoms with Crippen LogP contribution in [-0.2, 0) is 19.6 Å². The smallest absolute Gasteiger partial charge is 0.272 e. The molecule has 2 heterocycles. The van der Waals surface area contributed by atoms with E-state index in [1.807, 2.05) is 12.1 Å². The molecule has 0 aliphatic carbocycles. The number of fused-ring (bicyclic) bond motifs is 1. The van der Waals surface area contributed by atoms with Gasteiger partial charge in [-0.25, -0.2) is 8.78 Å². The molecule has 0 bridgehead atoms. The summed E-state index contributed by atoms with van der Waals surface area (Å²) in [6.45, 7) is 1.88. The van der Waals surface area contributed by atoms with Crippen molar-refractivity contribution in [2.75, 3.05) is 6.61 Å². The third kappa shape index (κ3) is 3.51. The molecule has 0 spiro atoms. The van der Waals surface area contributed by atoms with Crippen LogP contribution in [0.1, 0.15) is 16.7 Å². The Morgan fingerprint density at radius 3 is 2.50 bits per heavy atom. The van der Waals surface area contributed by atoms with E-state index in [2.05, 4.69) is 22.0 Å². The van der Waals surface area contributed by atoms with Crippen LogP contribution in [-0.4, -0.2) is 22.9 Å². The molecule has 1 aromatic heterocycles. The zero-order chi connectivity index (χ0) is 15.5. The number of pyridine rings is 1. The highest BCUT2D eigenvalue weighted by atomic mass is 32.1. The standard InChI is InChI=1S/C16H16F2N2OS/c17-15(18)10-21-16-5-14(22)13(6-19-16)9-20-7-11-3-1-2-4-12(11)8-20/h1-6,15H,7-10H2,(H,19,22). The van der Waals surface area contributed by atoms with E-state index in [9.17, 15) is 8.78 Å². The summed E-state index contributed by atoms with van der Waals surface area (Å²) in [5.41, 5.74) is 3.65. The van der Waals surface area contributed by atoms with Crippen LogP contribution < -0.4 is 4.74 Å². The number of benzene rings is 1. The lowest BCUT2D eigenvalue weighted by Gasteiger charge is -2.15. The van der Waals surface area contributed by atoms with Crippen molar-refractivity contribution in [1.29, 1.82) is 0 Å². The van der Waals surface area contributed by atoms with E-state index in [-0.39, 0.29) is 5.88 Å². The second-order valence-electron chi connectivity index (χ2n) is 5.30. The molecule has 22 heavy (non-hydrogen) atoms. The quantitative estimate of drug-likeness (QED) is 0.846. The van der Waals surface area contributed by atoms with Gasteiger partial charge in [-0.1, -0.05) is 36.5 Å². The van der Waals surface area contributed by atoms with Crippen LogP contribution >= 0.6 is 12.2 Å². The SMILES string of the molecule is FC(F)COc1cc(=S)c(CN2Cc3ccccc3C2)c[nH]1. The van der Waals surface area contributed by atoms with Crippen LogP contribution in [0, 0.1) is 4.51 Å². The van der Waals surface area contributed by atoms with Gasteiger partial charge in [-0.2, -0.15) is 0 Å². The Balaban J connectivity index is 1.66. The van der Waals surface area contributed by atoms with Crippen LogP contribution in [0.5, 0.6) is 5.88 Å². The van der Waals surface area contributed by atoms with Gasteiger partial charge in [-0.15, -0.1) is 0 Å². The third-order valence-electron chi connectivity index (χ3n) is 3.63. The molecule has 0 saturated heterocycles. The highest BCUT2D eigenvalue weighted by Gasteiger charge is 2.18. The maximum atomic E-state index is 12.1. The van der Waals surface area contributed by atoms with Gasteiger partial charge in [0.1, 0.15) is 0 Å². The van der Waals surface area contributed by atoms with E-state index in [0.29, 0.717) is 4.51 Å². The number of H-pyrrole nitrogens is 1. The number of hydrogen-bond acceptors (Lipinski definition) is 3. The van der Waals surface area contributed by atoms with Gasteiger partial charge in [0.25, 0.3) is 6.43 Å². The normalized spacial score (nSPS) is 14.3. The number of hydrogen-bond donors (Lipinski definition) is 1. The molecule has 116 valence electrons. The Labute approximate surface area is 132 Å². The van der Waals surface area contributed by atoms with Gasteiger partial charge >= 0.3 is 0 Å². The maximum Gasteiger partial charge on any atom is 0.272 e. The Morgan fingerprint density at radius 1 is 1.23 bits per heavy atom. The number of aromatic nitrogens is 1. The summed E-state index contributed by atoms with van der Waals surface area (Å²) >= 11 is 5.33. The first-order valence-electron chi connectivity index (χ1n) is 7.03. The molecular weight excluding hydrogens is 306 g/mol. The largest absolute Gasteiger partial charge is 0.473 e. The summed E-state index contributed by atoms with van der Waals surface area (Å²) in [5, 5.41) is 0. The molecule has 3 nitrogen and oxygen atoms in total. The lowest BCUT2D eigenvalue weighted by atomic mass is 10.1. The second-order valence-corrected chi connectivity index (χ2v) is 5.74. The highest BCUT2D eigenvalue weighted by molar-refractivity contribution is 7.71. The third-order valence-corrected chi connectivity index (χ3v) is 4.01. The van der Waals surface area contributed by atoms with Gasteiger partial charge in [0.2, 0.25) is 0 Å². The topological polar surface area (TPSA) is 28.3 Å². The number of nitrogens with zero attached hydrogens (tertiary/aromatic N) is 1. The van der Waals surface area contributed by atoms with Crippen molar-refractivity contribution in [3.63, 3.8) is 0 Å². The maximum absolute atomic E-state index is 12.1. The number of halogens is 2. The fraction of sp³-hybridized carbons (Fsp3) is 0.312. The first-order valence-corrected chi connectivity index (χ1v) is 7.44. The Hall–Kier alpha value is -1.79. The van der Waals surface area contributed by atoms with E-state index in [4.69, 9.17) is 17.0 Å². The molecule has 1 aromatic carbocycles. The van der Waals surface area contributed by atoms with Crippen LogP contribution in [0.4, 0.5) is 8.78 Å². The van der Waals surface area contributed by atoms with Crippen LogP contribution in [0.2, 0.25) is 0 Å². The van der Waals surface area contributed by atoms with E-state index >= 15 is 0 Å². The fourth-order valence-electron chi connectivity index (χ4n) is 2.60. The molecule has 0 amide bonds. The average Bonchev–Trinajstić information content (AvgIpc) is 2.90. The molecule has 1 aliphatic rings. The fourth-order valence-corrected chi connectivity index (χ4v) is 2.83. The summed E-state index contributed by atoms with van der Waals surface area (Å²) in [5.74, 6) is 0.277. The van der Waals surface area contributed by atoms with Crippen molar-refractivity contribution in [2.24, 2.45) is 0 Å². The predicted molar refractivity (Wildman–Crippen MR) is 82.5 cm³/mol.